The van der Waals surface area contributed by atoms with Crippen LogP contribution in [0.4, 0.5) is 0 Å². The molecule has 3 rings (SSSR count). The molecule has 0 saturated heterocycles. The average molecular weight is 242 g/mol. The molecule has 1 unspecified atom stereocenters. The maximum atomic E-state index is 5.97. The van der Waals surface area contributed by atoms with Gasteiger partial charge in [0.05, 0.1) is 5.52 Å². The molecule has 2 heterocycles. The van der Waals surface area contributed by atoms with E-state index in [1.54, 1.807) is 0 Å². The Morgan fingerprint density at radius 1 is 1.39 bits per heavy atom. The van der Waals surface area contributed by atoms with Crippen LogP contribution in [-0.2, 0) is 13.0 Å². The van der Waals surface area contributed by atoms with E-state index >= 15 is 0 Å². The molecule has 2 aromatic rings. The van der Waals surface area contributed by atoms with Gasteiger partial charge >= 0.3 is 0 Å². The quantitative estimate of drug-likeness (QED) is 0.879. The first-order chi connectivity index (χ1) is 8.77. The zero-order valence-electron chi connectivity index (χ0n) is 11.4. The second-order valence-corrected chi connectivity index (χ2v) is 5.41. The average Bonchev–Trinajstić information content (AvgIpc) is 2.69. The highest BCUT2D eigenvalue weighted by atomic mass is 15.0. The van der Waals surface area contributed by atoms with Gasteiger partial charge in [0, 0.05) is 17.6 Å². The van der Waals surface area contributed by atoms with Crippen molar-refractivity contribution in [2.75, 3.05) is 6.54 Å². The third-order valence-corrected chi connectivity index (χ3v) is 4.49. The summed E-state index contributed by atoms with van der Waals surface area (Å²) < 4.78 is 2.52. The van der Waals surface area contributed by atoms with Gasteiger partial charge in [-0.15, -0.1) is 0 Å². The molecule has 0 amide bonds. The van der Waals surface area contributed by atoms with Gasteiger partial charge in [0.1, 0.15) is 0 Å². The molecule has 1 aliphatic heterocycles. The molecule has 1 aromatic carbocycles. The highest BCUT2D eigenvalue weighted by Crippen LogP contribution is 2.37. The Morgan fingerprint density at radius 3 is 2.94 bits per heavy atom. The SMILES string of the molecule is CCC(CN)c1c(C)n2c3c(cccc13)CCC2. The van der Waals surface area contributed by atoms with Crippen LogP contribution in [0.3, 0.4) is 0 Å². The molecule has 0 aliphatic carbocycles. The molecular formula is C16H22N2. The van der Waals surface area contributed by atoms with Gasteiger partial charge in [-0.2, -0.15) is 0 Å². The lowest BCUT2D eigenvalue weighted by atomic mass is 9.93. The van der Waals surface area contributed by atoms with E-state index in [4.69, 9.17) is 5.73 Å². The molecule has 0 spiro atoms. The Morgan fingerprint density at radius 2 is 2.22 bits per heavy atom. The summed E-state index contributed by atoms with van der Waals surface area (Å²) in [6.07, 6.45) is 3.61. The predicted octanol–water partition coefficient (Wildman–Crippen LogP) is 3.35. The molecule has 0 fully saturated rings. The number of nitrogens with zero attached hydrogens (tertiary/aromatic N) is 1. The fourth-order valence-electron chi connectivity index (χ4n) is 3.55. The van der Waals surface area contributed by atoms with Crippen LogP contribution in [0.2, 0.25) is 0 Å². The largest absolute Gasteiger partial charge is 0.344 e. The number of rotatable bonds is 3. The summed E-state index contributed by atoms with van der Waals surface area (Å²) in [6.45, 7) is 6.42. The van der Waals surface area contributed by atoms with E-state index < -0.39 is 0 Å². The zero-order chi connectivity index (χ0) is 12.7. The first kappa shape index (κ1) is 11.8. The first-order valence-corrected chi connectivity index (χ1v) is 7.08. The third-order valence-electron chi connectivity index (χ3n) is 4.49. The molecule has 2 N–H and O–H groups in total. The van der Waals surface area contributed by atoms with E-state index in [9.17, 15) is 0 Å². The molecular weight excluding hydrogens is 220 g/mol. The molecule has 2 nitrogen and oxygen atoms in total. The highest BCUT2D eigenvalue weighted by molar-refractivity contribution is 5.89. The third kappa shape index (κ3) is 1.52. The van der Waals surface area contributed by atoms with Gasteiger partial charge in [0.15, 0.2) is 0 Å². The molecule has 0 saturated carbocycles. The van der Waals surface area contributed by atoms with Crippen LogP contribution in [0.15, 0.2) is 18.2 Å². The van der Waals surface area contributed by atoms with Gasteiger partial charge < -0.3 is 10.3 Å². The topological polar surface area (TPSA) is 30.9 Å². The minimum atomic E-state index is 0.502. The normalized spacial score (nSPS) is 16.2. The molecule has 1 aliphatic rings. The summed E-state index contributed by atoms with van der Waals surface area (Å²) in [5, 5.41) is 1.45. The minimum Gasteiger partial charge on any atom is -0.344 e. The lowest BCUT2D eigenvalue weighted by Crippen LogP contribution is -2.13. The van der Waals surface area contributed by atoms with Crippen LogP contribution in [0.25, 0.3) is 10.9 Å². The minimum absolute atomic E-state index is 0.502. The van der Waals surface area contributed by atoms with Gasteiger partial charge in [-0.25, -0.2) is 0 Å². The zero-order valence-corrected chi connectivity index (χ0v) is 11.4. The van der Waals surface area contributed by atoms with Gasteiger partial charge in [-0.05, 0) is 49.8 Å². The van der Waals surface area contributed by atoms with Crippen LogP contribution in [0.1, 0.15) is 42.5 Å². The monoisotopic (exact) mass is 242 g/mol. The highest BCUT2D eigenvalue weighted by Gasteiger charge is 2.23. The number of hydrogen-bond acceptors (Lipinski definition) is 1. The number of aromatic nitrogens is 1. The standard InChI is InChI=1S/C16H22N2/c1-3-12(10-17)15-11(2)18-9-5-7-13-6-4-8-14(15)16(13)18/h4,6,8,12H,3,5,7,9-10,17H2,1-2H3. The van der Waals surface area contributed by atoms with Crippen molar-refractivity contribution in [1.82, 2.24) is 4.57 Å². The lowest BCUT2D eigenvalue weighted by molar-refractivity contribution is 0.610. The lowest BCUT2D eigenvalue weighted by Gasteiger charge is -2.17. The van der Waals surface area contributed by atoms with Crippen molar-refractivity contribution in [2.24, 2.45) is 5.73 Å². The fraction of sp³-hybridized carbons (Fsp3) is 0.500. The number of nitrogens with two attached hydrogens (primary N) is 1. The van der Waals surface area contributed by atoms with E-state index in [-0.39, 0.29) is 0 Å². The summed E-state index contributed by atoms with van der Waals surface area (Å²) >= 11 is 0. The van der Waals surface area contributed by atoms with Crippen molar-refractivity contribution < 1.29 is 0 Å². The Balaban J connectivity index is 2.33. The maximum Gasteiger partial charge on any atom is 0.0517 e. The van der Waals surface area contributed by atoms with Crippen molar-refractivity contribution in [3.8, 4) is 0 Å². The Hall–Kier alpha value is -1.28. The van der Waals surface area contributed by atoms with Crippen LogP contribution in [-0.4, -0.2) is 11.1 Å². The van der Waals surface area contributed by atoms with Gasteiger partial charge in [0.25, 0.3) is 0 Å². The number of aryl methyl sites for hydroxylation is 2. The van der Waals surface area contributed by atoms with Crippen LogP contribution in [0, 0.1) is 6.92 Å². The van der Waals surface area contributed by atoms with Gasteiger partial charge in [-0.1, -0.05) is 25.1 Å². The summed E-state index contributed by atoms with van der Waals surface area (Å²) in [4.78, 5) is 0. The van der Waals surface area contributed by atoms with Crippen molar-refractivity contribution in [1.29, 1.82) is 0 Å². The van der Waals surface area contributed by atoms with Crippen LogP contribution < -0.4 is 5.73 Å². The molecule has 0 radical (unpaired) electrons. The van der Waals surface area contributed by atoms with Crippen molar-refractivity contribution >= 4 is 10.9 Å². The Bertz CT molecular complexity index is 576. The van der Waals surface area contributed by atoms with Crippen LogP contribution in [0.5, 0.6) is 0 Å². The molecule has 2 heteroatoms. The van der Waals surface area contributed by atoms with Gasteiger partial charge in [0.2, 0.25) is 0 Å². The van der Waals surface area contributed by atoms with E-state index in [0.717, 1.165) is 13.0 Å². The predicted molar refractivity (Wildman–Crippen MR) is 77.1 cm³/mol. The molecule has 18 heavy (non-hydrogen) atoms. The number of para-hydroxylation sites is 1. The second-order valence-electron chi connectivity index (χ2n) is 5.41. The maximum absolute atomic E-state index is 5.97. The van der Waals surface area contributed by atoms with Gasteiger partial charge in [-0.3, -0.25) is 0 Å². The fourth-order valence-corrected chi connectivity index (χ4v) is 3.55. The smallest absolute Gasteiger partial charge is 0.0517 e. The molecule has 1 aromatic heterocycles. The Kier molecular flexibility index (Phi) is 2.90. The van der Waals surface area contributed by atoms with E-state index in [1.165, 1.54) is 47.1 Å². The summed E-state index contributed by atoms with van der Waals surface area (Å²) in [5.74, 6) is 0.502. The first-order valence-electron chi connectivity index (χ1n) is 7.08. The summed E-state index contributed by atoms with van der Waals surface area (Å²) in [6, 6.07) is 6.77. The van der Waals surface area contributed by atoms with E-state index in [0.29, 0.717) is 5.92 Å². The molecule has 1 atom stereocenters. The van der Waals surface area contributed by atoms with Crippen molar-refractivity contribution in [3.05, 3.63) is 35.0 Å². The number of hydrogen-bond donors (Lipinski definition) is 1. The number of benzene rings is 1. The molecule has 96 valence electrons. The van der Waals surface area contributed by atoms with Crippen molar-refractivity contribution in [3.63, 3.8) is 0 Å². The summed E-state index contributed by atoms with van der Waals surface area (Å²) in [5.41, 5.74) is 11.9. The van der Waals surface area contributed by atoms with E-state index in [2.05, 4.69) is 36.6 Å². The Labute approximate surface area is 109 Å². The second kappa shape index (κ2) is 4.43. The van der Waals surface area contributed by atoms with Crippen LogP contribution >= 0.6 is 0 Å². The van der Waals surface area contributed by atoms with E-state index in [1.807, 2.05) is 0 Å². The summed E-state index contributed by atoms with van der Waals surface area (Å²) in [7, 11) is 0. The van der Waals surface area contributed by atoms with Crippen molar-refractivity contribution in [2.45, 2.75) is 45.6 Å². The molecule has 0 bridgehead atoms.